The van der Waals surface area contributed by atoms with Gasteiger partial charge in [0.1, 0.15) is 0 Å². The third-order valence-corrected chi connectivity index (χ3v) is 3.61. The molecule has 96 valence electrons. The van der Waals surface area contributed by atoms with Crippen LogP contribution in [0, 0.1) is 0 Å². The molecule has 0 spiro atoms. The maximum absolute atomic E-state index is 9.16. The lowest BCUT2D eigenvalue weighted by molar-refractivity contribution is 0.130. The summed E-state index contributed by atoms with van der Waals surface area (Å²) in [6.07, 6.45) is 6.29. The minimum absolute atomic E-state index is 0.285. The highest BCUT2D eigenvalue weighted by Crippen LogP contribution is 2.14. The highest BCUT2D eigenvalue weighted by molar-refractivity contribution is 4.81. The summed E-state index contributed by atoms with van der Waals surface area (Å²) in [5, 5.41) is 12.7. The lowest BCUT2D eigenvalue weighted by Gasteiger charge is -2.32. The zero-order valence-corrected chi connectivity index (χ0v) is 10.9. The van der Waals surface area contributed by atoms with Gasteiger partial charge in [-0.25, -0.2) is 0 Å². The van der Waals surface area contributed by atoms with Crippen LogP contribution in [-0.2, 0) is 0 Å². The highest BCUT2D eigenvalue weighted by atomic mass is 16.3. The minimum Gasteiger partial charge on any atom is -0.395 e. The fourth-order valence-corrected chi connectivity index (χ4v) is 2.73. The Bertz CT molecular complexity index is 169. The topological polar surface area (TPSA) is 35.5 Å². The van der Waals surface area contributed by atoms with Crippen molar-refractivity contribution >= 4 is 0 Å². The van der Waals surface area contributed by atoms with Crippen LogP contribution in [0.4, 0.5) is 0 Å². The Balaban J connectivity index is 2.42. The number of rotatable bonds is 8. The molecule has 2 unspecified atom stereocenters. The van der Waals surface area contributed by atoms with Gasteiger partial charge in [0.2, 0.25) is 0 Å². The van der Waals surface area contributed by atoms with Gasteiger partial charge < -0.3 is 10.4 Å². The smallest absolute Gasteiger partial charge is 0.0558 e. The van der Waals surface area contributed by atoms with Gasteiger partial charge in [0.05, 0.1) is 6.61 Å². The van der Waals surface area contributed by atoms with Gasteiger partial charge in [-0.3, -0.25) is 4.90 Å². The predicted molar refractivity (Wildman–Crippen MR) is 68.7 cm³/mol. The molecule has 0 amide bonds. The zero-order valence-electron chi connectivity index (χ0n) is 10.9. The van der Waals surface area contributed by atoms with E-state index >= 15 is 0 Å². The van der Waals surface area contributed by atoms with Crippen molar-refractivity contribution in [2.75, 3.05) is 26.2 Å². The molecule has 0 aromatic heterocycles. The molecule has 3 heteroatoms. The molecule has 2 atom stereocenters. The van der Waals surface area contributed by atoms with Crippen molar-refractivity contribution < 1.29 is 5.11 Å². The molecule has 2 N–H and O–H groups in total. The van der Waals surface area contributed by atoms with Crippen molar-refractivity contribution in [3.05, 3.63) is 0 Å². The Kier molecular flexibility index (Phi) is 7.01. The van der Waals surface area contributed by atoms with Crippen LogP contribution < -0.4 is 5.32 Å². The molecule has 1 rings (SSSR count). The van der Waals surface area contributed by atoms with Gasteiger partial charge in [-0.05, 0) is 32.2 Å². The lowest BCUT2D eigenvalue weighted by atomic mass is 10.1. The standard InChI is InChI=1S/C13H28N2O/c1-3-6-13(4-2)15(9-10-16)11-12-7-5-8-14-12/h12-14,16H,3-11H2,1-2H3. The molecule has 1 fully saturated rings. The summed E-state index contributed by atoms with van der Waals surface area (Å²) in [6, 6.07) is 1.30. The summed E-state index contributed by atoms with van der Waals surface area (Å²) in [5.74, 6) is 0. The van der Waals surface area contributed by atoms with Crippen LogP contribution in [0.15, 0.2) is 0 Å². The maximum atomic E-state index is 9.16. The van der Waals surface area contributed by atoms with Gasteiger partial charge in [-0.1, -0.05) is 20.3 Å². The van der Waals surface area contributed by atoms with Gasteiger partial charge >= 0.3 is 0 Å². The zero-order chi connectivity index (χ0) is 11.8. The molecule has 16 heavy (non-hydrogen) atoms. The Labute approximate surface area is 100 Å². The van der Waals surface area contributed by atoms with E-state index in [1.54, 1.807) is 0 Å². The van der Waals surface area contributed by atoms with E-state index in [9.17, 15) is 0 Å². The molecule has 0 aromatic rings. The largest absolute Gasteiger partial charge is 0.395 e. The van der Waals surface area contributed by atoms with Gasteiger partial charge in [0, 0.05) is 25.2 Å². The Hall–Kier alpha value is -0.120. The normalized spacial score (nSPS) is 22.9. The SMILES string of the molecule is CCCC(CC)N(CCO)CC1CCCN1. The molecule has 3 nitrogen and oxygen atoms in total. The van der Waals surface area contributed by atoms with Crippen molar-refractivity contribution in [3.63, 3.8) is 0 Å². The summed E-state index contributed by atoms with van der Waals surface area (Å²) < 4.78 is 0. The first kappa shape index (κ1) is 13.9. The van der Waals surface area contributed by atoms with Crippen molar-refractivity contribution in [2.45, 2.75) is 58.0 Å². The molecule has 1 heterocycles. The van der Waals surface area contributed by atoms with E-state index in [1.165, 1.54) is 38.6 Å². The molecular formula is C13H28N2O. The van der Waals surface area contributed by atoms with Crippen molar-refractivity contribution in [1.82, 2.24) is 10.2 Å². The molecule has 0 saturated carbocycles. The molecular weight excluding hydrogens is 200 g/mol. The number of hydrogen-bond donors (Lipinski definition) is 2. The second kappa shape index (κ2) is 8.04. The van der Waals surface area contributed by atoms with Crippen molar-refractivity contribution in [1.29, 1.82) is 0 Å². The maximum Gasteiger partial charge on any atom is 0.0558 e. The van der Waals surface area contributed by atoms with Gasteiger partial charge in [0.15, 0.2) is 0 Å². The van der Waals surface area contributed by atoms with Gasteiger partial charge in [-0.2, -0.15) is 0 Å². The molecule has 1 aliphatic heterocycles. The first-order valence-electron chi connectivity index (χ1n) is 6.90. The third kappa shape index (κ3) is 4.40. The summed E-state index contributed by atoms with van der Waals surface area (Å²) in [6.45, 7) is 7.89. The van der Waals surface area contributed by atoms with Crippen molar-refractivity contribution in [2.24, 2.45) is 0 Å². The fourth-order valence-electron chi connectivity index (χ4n) is 2.73. The lowest BCUT2D eigenvalue weighted by Crippen LogP contribution is -2.44. The molecule has 0 bridgehead atoms. The van der Waals surface area contributed by atoms with Crippen molar-refractivity contribution in [3.8, 4) is 0 Å². The first-order chi connectivity index (χ1) is 7.81. The Morgan fingerprint density at radius 3 is 2.75 bits per heavy atom. The summed E-state index contributed by atoms with van der Waals surface area (Å²) in [7, 11) is 0. The van der Waals surface area contributed by atoms with Crippen LogP contribution in [0.1, 0.15) is 46.0 Å². The number of hydrogen-bond acceptors (Lipinski definition) is 3. The molecule has 1 saturated heterocycles. The fraction of sp³-hybridized carbons (Fsp3) is 1.00. The van der Waals surface area contributed by atoms with E-state index in [-0.39, 0.29) is 6.61 Å². The summed E-state index contributed by atoms with van der Waals surface area (Å²) in [5.41, 5.74) is 0. The van der Waals surface area contributed by atoms with E-state index in [4.69, 9.17) is 5.11 Å². The van der Waals surface area contributed by atoms with Gasteiger partial charge in [-0.15, -0.1) is 0 Å². The number of nitrogens with one attached hydrogen (secondary N) is 1. The number of aliphatic hydroxyl groups is 1. The van der Waals surface area contributed by atoms with E-state index in [1.807, 2.05) is 0 Å². The van der Waals surface area contributed by atoms with E-state index in [2.05, 4.69) is 24.1 Å². The van der Waals surface area contributed by atoms with Crippen LogP contribution in [-0.4, -0.2) is 48.3 Å². The molecule has 0 radical (unpaired) electrons. The van der Waals surface area contributed by atoms with E-state index < -0.39 is 0 Å². The van der Waals surface area contributed by atoms with Crippen LogP contribution in [0.2, 0.25) is 0 Å². The highest BCUT2D eigenvalue weighted by Gasteiger charge is 2.21. The van der Waals surface area contributed by atoms with Crippen LogP contribution in [0.5, 0.6) is 0 Å². The quantitative estimate of drug-likeness (QED) is 0.662. The van der Waals surface area contributed by atoms with Crippen LogP contribution in [0.3, 0.4) is 0 Å². The van der Waals surface area contributed by atoms with Crippen LogP contribution >= 0.6 is 0 Å². The first-order valence-corrected chi connectivity index (χ1v) is 6.90. The Morgan fingerprint density at radius 2 is 2.25 bits per heavy atom. The average Bonchev–Trinajstić information content (AvgIpc) is 2.78. The summed E-state index contributed by atoms with van der Waals surface area (Å²) >= 11 is 0. The number of nitrogens with zero attached hydrogens (tertiary/aromatic N) is 1. The van der Waals surface area contributed by atoms with Gasteiger partial charge in [0.25, 0.3) is 0 Å². The third-order valence-electron chi connectivity index (χ3n) is 3.61. The average molecular weight is 228 g/mol. The van der Waals surface area contributed by atoms with Crippen LogP contribution in [0.25, 0.3) is 0 Å². The second-order valence-corrected chi connectivity index (χ2v) is 4.86. The monoisotopic (exact) mass is 228 g/mol. The molecule has 0 aliphatic carbocycles. The summed E-state index contributed by atoms with van der Waals surface area (Å²) in [4.78, 5) is 2.48. The molecule has 1 aliphatic rings. The number of aliphatic hydroxyl groups excluding tert-OH is 1. The second-order valence-electron chi connectivity index (χ2n) is 4.86. The Morgan fingerprint density at radius 1 is 1.44 bits per heavy atom. The van der Waals surface area contributed by atoms with E-state index in [0.717, 1.165) is 13.1 Å². The molecule has 0 aromatic carbocycles. The van der Waals surface area contributed by atoms with E-state index in [0.29, 0.717) is 12.1 Å². The predicted octanol–water partition coefficient (Wildman–Crippen LogP) is 1.61. The minimum atomic E-state index is 0.285.